The molecule has 7 nitrogen and oxygen atoms in total. The molecule has 14 heteroatoms. The standard InChI is InChI=1S/C20H19F6N3O4S/c1-34(31,32)14-3-4-16(33-12-19(21,22)23)15(10-14)18(30)29-8-6-28(7-9-29)13-2-5-17(27-11-13)20(24,25)26/h2-5,10-11H,6-9,12H2,1H3. The molecule has 1 amide bonds. The summed E-state index contributed by atoms with van der Waals surface area (Å²) in [5, 5.41) is 0. The molecule has 0 saturated carbocycles. The van der Waals surface area contributed by atoms with Crippen LogP contribution in [0.5, 0.6) is 5.75 Å². The van der Waals surface area contributed by atoms with Crippen molar-refractivity contribution in [3.63, 3.8) is 0 Å². The number of hydrogen-bond acceptors (Lipinski definition) is 6. The number of halogens is 6. The van der Waals surface area contributed by atoms with Gasteiger partial charge in [0, 0.05) is 32.4 Å². The molecule has 2 aromatic rings. The zero-order valence-corrected chi connectivity index (χ0v) is 18.5. The minimum Gasteiger partial charge on any atom is -0.483 e. The minimum atomic E-state index is -4.67. The van der Waals surface area contributed by atoms with Crippen LogP contribution in [-0.2, 0) is 16.0 Å². The van der Waals surface area contributed by atoms with Crippen molar-refractivity contribution in [2.75, 3.05) is 43.9 Å². The average Bonchev–Trinajstić information content (AvgIpc) is 2.75. The van der Waals surface area contributed by atoms with Gasteiger partial charge >= 0.3 is 12.4 Å². The van der Waals surface area contributed by atoms with E-state index < -0.39 is 46.1 Å². The first-order valence-corrected chi connectivity index (χ1v) is 11.7. The molecule has 0 radical (unpaired) electrons. The number of alkyl halides is 6. The molecule has 2 heterocycles. The lowest BCUT2D eigenvalue weighted by Crippen LogP contribution is -2.49. The second-order valence-corrected chi connectivity index (χ2v) is 9.53. The van der Waals surface area contributed by atoms with Crippen LogP contribution in [0, 0.1) is 0 Å². The number of pyridine rings is 1. The van der Waals surface area contributed by atoms with Crippen LogP contribution in [0.2, 0.25) is 0 Å². The van der Waals surface area contributed by atoms with Crippen molar-refractivity contribution in [3.8, 4) is 5.75 Å². The highest BCUT2D eigenvalue weighted by molar-refractivity contribution is 7.90. The van der Waals surface area contributed by atoms with E-state index >= 15 is 0 Å². The Hall–Kier alpha value is -3.03. The van der Waals surface area contributed by atoms with Crippen LogP contribution < -0.4 is 9.64 Å². The Morgan fingerprint density at radius 1 is 1.03 bits per heavy atom. The Labute approximate surface area is 190 Å². The van der Waals surface area contributed by atoms with E-state index in [1.54, 1.807) is 4.90 Å². The largest absolute Gasteiger partial charge is 0.483 e. The number of nitrogens with zero attached hydrogens (tertiary/aromatic N) is 3. The molecule has 186 valence electrons. The van der Waals surface area contributed by atoms with Crippen LogP contribution in [0.3, 0.4) is 0 Å². The maximum Gasteiger partial charge on any atom is 0.433 e. The van der Waals surface area contributed by atoms with Gasteiger partial charge in [0.25, 0.3) is 5.91 Å². The van der Waals surface area contributed by atoms with Gasteiger partial charge in [-0.1, -0.05) is 0 Å². The predicted molar refractivity (Wildman–Crippen MR) is 108 cm³/mol. The van der Waals surface area contributed by atoms with E-state index in [4.69, 9.17) is 4.74 Å². The Kier molecular flexibility index (Phi) is 7.01. The summed E-state index contributed by atoms with van der Waals surface area (Å²) in [6.45, 7) is -1.07. The van der Waals surface area contributed by atoms with E-state index in [-0.39, 0.29) is 36.6 Å². The first-order chi connectivity index (χ1) is 15.6. The lowest BCUT2D eigenvalue weighted by atomic mass is 10.1. The maximum absolute atomic E-state index is 13.0. The van der Waals surface area contributed by atoms with Gasteiger partial charge < -0.3 is 14.5 Å². The monoisotopic (exact) mass is 511 g/mol. The zero-order chi connectivity index (χ0) is 25.3. The number of aromatic nitrogens is 1. The van der Waals surface area contributed by atoms with Gasteiger partial charge in [0.05, 0.1) is 22.3 Å². The van der Waals surface area contributed by atoms with E-state index in [0.29, 0.717) is 5.69 Å². The van der Waals surface area contributed by atoms with Gasteiger partial charge in [-0.25, -0.2) is 13.4 Å². The summed E-state index contributed by atoms with van der Waals surface area (Å²) in [5.74, 6) is -1.14. The lowest BCUT2D eigenvalue weighted by Gasteiger charge is -2.36. The van der Waals surface area contributed by atoms with Crippen molar-refractivity contribution >= 4 is 21.4 Å². The first-order valence-electron chi connectivity index (χ1n) is 9.76. The Morgan fingerprint density at radius 3 is 2.18 bits per heavy atom. The summed E-state index contributed by atoms with van der Waals surface area (Å²) in [6, 6.07) is 5.11. The van der Waals surface area contributed by atoms with Gasteiger partial charge in [-0.3, -0.25) is 4.79 Å². The fourth-order valence-electron chi connectivity index (χ4n) is 3.27. The third-order valence-electron chi connectivity index (χ3n) is 4.97. The number of hydrogen-bond donors (Lipinski definition) is 0. The molecule has 0 N–H and O–H groups in total. The summed E-state index contributed by atoms with van der Waals surface area (Å²) < 4.78 is 104. The highest BCUT2D eigenvalue weighted by Gasteiger charge is 2.33. The number of ether oxygens (including phenoxy) is 1. The normalized spacial score (nSPS) is 15.4. The van der Waals surface area contributed by atoms with Crippen LogP contribution in [0.4, 0.5) is 32.0 Å². The van der Waals surface area contributed by atoms with Crippen LogP contribution in [0.25, 0.3) is 0 Å². The molecule has 1 aliphatic heterocycles. The number of benzene rings is 1. The van der Waals surface area contributed by atoms with Crippen LogP contribution in [-0.4, -0.2) is 69.4 Å². The molecule has 0 aliphatic carbocycles. The Balaban J connectivity index is 1.76. The molecule has 3 rings (SSSR count). The molecule has 1 aromatic carbocycles. The fourth-order valence-corrected chi connectivity index (χ4v) is 3.92. The molecule has 0 bridgehead atoms. The van der Waals surface area contributed by atoms with Crippen molar-refractivity contribution in [1.82, 2.24) is 9.88 Å². The molecule has 1 saturated heterocycles. The third kappa shape index (κ3) is 6.30. The van der Waals surface area contributed by atoms with E-state index in [9.17, 15) is 39.6 Å². The summed E-state index contributed by atoms with van der Waals surface area (Å²) in [4.78, 5) is 19.2. The van der Waals surface area contributed by atoms with E-state index in [1.165, 1.54) is 11.0 Å². The third-order valence-corrected chi connectivity index (χ3v) is 6.08. The highest BCUT2D eigenvalue weighted by atomic mass is 32.2. The molecule has 0 unspecified atom stereocenters. The summed E-state index contributed by atoms with van der Waals surface area (Å²) in [7, 11) is -3.75. The van der Waals surface area contributed by atoms with E-state index in [2.05, 4.69) is 4.98 Å². The van der Waals surface area contributed by atoms with Crippen molar-refractivity contribution in [2.24, 2.45) is 0 Å². The zero-order valence-electron chi connectivity index (χ0n) is 17.7. The second-order valence-electron chi connectivity index (χ2n) is 7.51. The van der Waals surface area contributed by atoms with E-state index in [1.807, 2.05) is 0 Å². The quantitative estimate of drug-likeness (QED) is 0.573. The van der Waals surface area contributed by atoms with Crippen molar-refractivity contribution in [1.29, 1.82) is 0 Å². The molecule has 1 fully saturated rings. The number of anilines is 1. The first kappa shape index (κ1) is 25.6. The number of carbonyl (C=O) groups is 1. The summed E-state index contributed by atoms with van der Waals surface area (Å²) in [6.07, 6.45) is -7.28. The summed E-state index contributed by atoms with van der Waals surface area (Å²) >= 11 is 0. The highest BCUT2D eigenvalue weighted by Crippen LogP contribution is 2.30. The number of rotatable bonds is 5. The Bertz CT molecular complexity index is 1140. The molecule has 1 aliphatic rings. The summed E-state index contributed by atoms with van der Waals surface area (Å²) in [5.41, 5.74) is -0.965. The van der Waals surface area contributed by atoms with Crippen LogP contribution in [0.15, 0.2) is 41.4 Å². The smallest absolute Gasteiger partial charge is 0.433 e. The van der Waals surface area contributed by atoms with Crippen LogP contribution in [0.1, 0.15) is 16.1 Å². The SMILES string of the molecule is CS(=O)(=O)c1ccc(OCC(F)(F)F)c(C(=O)N2CCN(c3ccc(C(F)(F)F)nc3)CC2)c1. The van der Waals surface area contributed by atoms with Crippen molar-refractivity contribution in [3.05, 3.63) is 47.8 Å². The van der Waals surface area contributed by atoms with Gasteiger partial charge in [-0.15, -0.1) is 0 Å². The minimum absolute atomic E-state index is 0.0850. The molecule has 0 atom stereocenters. The molecule has 0 spiro atoms. The van der Waals surface area contributed by atoms with Gasteiger partial charge in [0.15, 0.2) is 16.4 Å². The van der Waals surface area contributed by atoms with Crippen molar-refractivity contribution in [2.45, 2.75) is 17.2 Å². The number of amides is 1. The molecule has 34 heavy (non-hydrogen) atoms. The number of piperazine rings is 1. The number of sulfone groups is 1. The molecular weight excluding hydrogens is 492 g/mol. The van der Waals surface area contributed by atoms with Crippen LogP contribution >= 0.6 is 0 Å². The predicted octanol–water partition coefficient (Wildman–Crippen LogP) is 3.41. The van der Waals surface area contributed by atoms with Crippen molar-refractivity contribution < 1.29 is 44.3 Å². The van der Waals surface area contributed by atoms with Gasteiger partial charge in [0.1, 0.15) is 11.4 Å². The van der Waals surface area contributed by atoms with Gasteiger partial charge in [-0.05, 0) is 30.3 Å². The average molecular weight is 511 g/mol. The number of carbonyl (C=O) groups excluding carboxylic acids is 1. The Morgan fingerprint density at radius 2 is 1.68 bits per heavy atom. The van der Waals surface area contributed by atoms with E-state index in [0.717, 1.165) is 36.7 Å². The molecule has 1 aromatic heterocycles. The van der Waals surface area contributed by atoms with Gasteiger partial charge in [0.2, 0.25) is 0 Å². The fraction of sp³-hybridized carbons (Fsp3) is 0.400. The molecular formula is C20H19F6N3O4S. The lowest BCUT2D eigenvalue weighted by molar-refractivity contribution is -0.153. The maximum atomic E-state index is 13.0. The van der Waals surface area contributed by atoms with Gasteiger partial charge in [-0.2, -0.15) is 26.3 Å². The second kappa shape index (κ2) is 9.31. The topological polar surface area (TPSA) is 79.8 Å².